The summed E-state index contributed by atoms with van der Waals surface area (Å²) < 4.78 is 9.98. The van der Waals surface area contributed by atoms with Crippen molar-refractivity contribution in [1.82, 2.24) is 0 Å². The molecule has 0 radical (unpaired) electrons. The second-order valence-electron chi connectivity index (χ2n) is 7.76. The van der Waals surface area contributed by atoms with Crippen LogP contribution >= 0.6 is 0 Å². The van der Waals surface area contributed by atoms with E-state index in [1.807, 2.05) is 13.8 Å². The first kappa shape index (κ1) is 22.7. The zero-order valence-electron chi connectivity index (χ0n) is 18.0. The van der Waals surface area contributed by atoms with Gasteiger partial charge < -0.3 is 20.1 Å². The van der Waals surface area contributed by atoms with E-state index in [9.17, 15) is 14.4 Å². The Kier molecular flexibility index (Phi) is 7.05. The number of benzene rings is 2. The van der Waals surface area contributed by atoms with Crippen LogP contribution < -0.4 is 16.0 Å². The summed E-state index contributed by atoms with van der Waals surface area (Å²) in [5, 5.41) is 7.97. The van der Waals surface area contributed by atoms with Crippen LogP contribution in [0, 0.1) is 13.8 Å². The molecule has 8 heteroatoms. The lowest BCUT2D eigenvalue weighted by molar-refractivity contribution is 0.0599. The fourth-order valence-corrected chi connectivity index (χ4v) is 2.54. The maximum absolute atomic E-state index is 12.4. The maximum Gasteiger partial charge on any atom is 0.412 e. The number of rotatable bonds is 4. The number of esters is 1. The predicted octanol–water partition coefficient (Wildman–Crippen LogP) is 5.08. The molecule has 8 nitrogen and oxygen atoms in total. The Labute approximate surface area is 175 Å². The topological polar surface area (TPSA) is 106 Å². The molecule has 0 heterocycles. The highest BCUT2D eigenvalue weighted by atomic mass is 16.6. The summed E-state index contributed by atoms with van der Waals surface area (Å²) in [6.45, 7) is 9.09. The van der Waals surface area contributed by atoms with Crippen LogP contribution in [0.5, 0.6) is 0 Å². The molecule has 0 fully saturated rings. The standard InChI is InChI=1S/C22H27N3O5/c1-13-11-17(19(26)29-6)18(12-14(13)2)25-20(27)23-15-7-9-16(10-8-15)24-21(28)30-22(3,4)5/h7-12H,1-6H3,(H,24,28)(H2,23,25,27). The molecule has 3 N–H and O–H groups in total. The lowest BCUT2D eigenvalue weighted by Gasteiger charge is -2.19. The molecular formula is C22H27N3O5. The van der Waals surface area contributed by atoms with Gasteiger partial charge in [0.15, 0.2) is 0 Å². The molecule has 2 aromatic rings. The highest BCUT2D eigenvalue weighted by Gasteiger charge is 2.17. The first-order valence-electron chi connectivity index (χ1n) is 9.36. The number of anilines is 3. The normalized spacial score (nSPS) is 10.7. The Hall–Kier alpha value is -3.55. The van der Waals surface area contributed by atoms with Crippen molar-refractivity contribution in [2.75, 3.05) is 23.1 Å². The average molecular weight is 413 g/mol. The highest BCUT2D eigenvalue weighted by Crippen LogP contribution is 2.22. The highest BCUT2D eigenvalue weighted by molar-refractivity contribution is 6.05. The van der Waals surface area contributed by atoms with E-state index >= 15 is 0 Å². The summed E-state index contributed by atoms with van der Waals surface area (Å²) >= 11 is 0. The third-order valence-electron chi connectivity index (χ3n) is 4.08. The van der Waals surface area contributed by atoms with Crippen LogP contribution in [0.25, 0.3) is 0 Å². The number of hydrogen-bond acceptors (Lipinski definition) is 5. The Morgan fingerprint density at radius 2 is 1.37 bits per heavy atom. The summed E-state index contributed by atoms with van der Waals surface area (Å²) in [7, 11) is 1.29. The van der Waals surface area contributed by atoms with Gasteiger partial charge in [-0.25, -0.2) is 14.4 Å². The fourth-order valence-electron chi connectivity index (χ4n) is 2.54. The van der Waals surface area contributed by atoms with Gasteiger partial charge in [0, 0.05) is 11.4 Å². The van der Waals surface area contributed by atoms with Crippen LogP contribution in [0.2, 0.25) is 0 Å². The summed E-state index contributed by atoms with van der Waals surface area (Å²) in [5.74, 6) is -0.536. The van der Waals surface area contributed by atoms with E-state index in [0.717, 1.165) is 11.1 Å². The lowest BCUT2D eigenvalue weighted by atomic mass is 10.0. The van der Waals surface area contributed by atoms with Crippen LogP contribution in [-0.2, 0) is 9.47 Å². The molecule has 0 saturated carbocycles. The van der Waals surface area contributed by atoms with Crippen molar-refractivity contribution in [1.29, 1.82) is 0 Å². The van der Waals surface area contributed by atoms with Crippen molar-refractivity contribution in [2.45, 2.75) is 40.2 Å². The largest absolute Gasteiger partial charge is 0.465 e. The van der Waals surface area contributed by atoms with E-state index in [-0.39, 0.29) is 5.56 Å². The number of nitrogens with one attached hydrogen (secondary N) is 3. The van der Waals surface area contributed by atoms with Crippen molar-refractivity contribution < 1.29 is 23.9 Å². The van der Waals surface area contributed by atoms with E-state index in [1.165, 1.54) is 7.11 Å². The van der Waals surface area contributed by atoms with Crippen LogP contribution in [-0.4, -0.2) is 30.8 Å². The monoisotopic (exact) mass is 413 g/mol. The number of carbonyl (C=O) groups is 3. The average Bonchev–Trinajstić information content (AvgIpc) is 2.64. The van der Waals surface area contributed by atoms with E-state index in [1.54, 1.807) is 57.2 Å². The van der Waals surface area contributed by atoms with E-state index in [2.05, 4.69) is 16.0 Å². The molecule has 0 atom stereocenters. The molecule has 2 rings (SSSR count). The van der Waals surface area contributed by atoms with Crippen molar-refractivity contribution >= 4 is 35.2 Å². The van der Waals surface area contributed by atoms with Gasteiger partial charge in [-0.3, -0.25) is 5.32 Å². The van der Waals surface area contributed by atoms with E-state index in [4.69, 9.17) is 9.47 Å². The molecule has 0 aliphatic heterocycles. The Morgan fingerprint density at radius 1 is 0.833 bits per heavy atom. The number of hydrogen-bond donors (Lipinski definition) is 3. The van der Waals surface area contributed by atoms with Gasteiger partial charge in [0.1, 0.15) is 5.60 Å². The third-order valence-corrected chi connectivity index (χ3v) is 4.08. The van der Waals surface area contributed by atoms with Crippen LogP contribution in [0.4, 0.5) is 26.7 Å². The third kappa shape index (κ3) is 6.51. The predicted molar refractivity (Wildman–Crippen MR) is 116 cm³/mol. The number of ether oxygens (including phenoxy) is 2. The van der Waals surface area contributed by atoms with Crippen LogP contribution in [0.1, 0.15) is 42.3 Å². The molecule has 3 amide bonds. The minimum absolute atomic E-state index is 0.271. The number of amides is 3. The van der Waals surface area contributed by atoms with Crippen molar-refractivity contribution in [2.24, 2.45) is 0 Å². The summed E-state index contributed by atoms with van der Waals surface area (Å²) in [5.41, 5.74) is 2.90. The van der Waals surface area contributed by atoms with Crippen molar-refractivity contribution in [3.63, 3.8) is 0 Å². The summed E-state index contributed by atoms with van der Waals surface area (Å²) in [4.78, 5) is 36.2. The Morgan fingerprint density at radius 3 is 1.90 bits per heavy atom. The second-order valence-corrected chi connectivity index (χ2v) is 7.76. The molecule has 0 aromatic heterocycles. The van der Waals surface area contributed by atoms with Gasteiger partial charge in [-0.05, 0) is 82.1 Å². The van der Waals surface area contributed by atoms with Crippen molar-refractivity contribution in [3.05, 3.63) is 53.1 Å². The quantitative estimate of drug-likeness (QED) is 0.606. The van der Waals surface area contributed by atoms with E-state index in [0.29, 0.717) is 17.1 Å². The summed E-state index contributed by atoms with van der Waals surface area (Å²) in [6.07, 6.45) is -0.564. The number of aryl methyl sites for hydroxylation is 2. The molecule has 0 saturated heterocycles. The molecule has 2 aromatic carbocycles. The van der Waals surface area contributed by atoms with Gasteiger partial charge in [-0.1, -0.05) is 0 Å². The first-order valence-corrected chi connectivity index (χ1v) is 9.36. The molecule has 0 unspecified atom stereocenters. The zero-order chi connectivity index (χ0) is 22.5. The van der Waals surface area contributed by atoms with Crippen molar-refractivity contribution in [3.8, 4) is 0 Å². The Balaban J connectivity index is 2.04. The lowest BCUT2D eigenvalue weighted by Crippen LogP contribution is -2.27. The number of urea groups is 1. The second kappa shape index (κ2) is 9.30. The maximum atomic E-state index is 12.4. The molecule has 30 heavy (non-hydrogen) atoms. The molecule has 0 spiro atoms. The molecular weight excluding hydrogens is 386 g/mol. The van der Waals surface area contributed by atoms with Gasteiger partial charge >= 0.3 is 18.1 Å². The van der Waals surface area contributed by atoms with Gasteiger partial charge in [-0.15, -0.1) is 0 Å². The van der Waals surface area contributed by atoms with Gasteiger partial charge in [-0.2, -0.15) is 0 Å². The van der Waals surface area contributed by atoms with Crippen LogP contribution in [0.3, 0.4) is 0 Å². The molecule has 0 aliphatic rings. The molecule has 0 aliphatic carbocycles. The SMILES string of the molecule is COC(=O)c1cc(C)c(C)cc1NC(=O)Nc1ccc(NC(=O)OC(C)(C)C)cc1. The number of methoxy groups -OCH3 is 1. The van der Waals surface area contributed by atoms with Gasteiger partial charge in [0.2, 0.25) is 0 Å². The van der Waals surface area contributed by atoms with Gasteiger partial charge in [0.05, 0.1) is 18.4 Å². The zero-order valence-corrected chi connectivity index (χ0v) is 18.0. The molecule has 160 valence electrons. The molecule has 0 bridgehead atoms. The van der Waals surface area contributed by atoms with E-state index < -0.39 is 23.7 Å². The first-order chi connectivity index (χ1) is 14.0. The van der Waals surface area contributed by atoms with Gasteiger partial charge in [0.25, 0.3) is 0 Å². The number of carbonyl (C=O) groups excluding carboxylic acids is 3. The minimum Gasteiger partial charge on any atom is -0.465 e. The Bertz CT molecular complexity index is 946. The smallest absolute Gasteiger partial charge is 0.412 e. The van der Waals surface area contributed by atoms with Crippen LogP contribution in [0.15, 0.2) is 36.4 Å². The fraction of sp³-hybridized carbons (Fsp3) is 0.318. The summed E-state index contributed by atoms with van der Waals surface area (Å²) in [6, 6.07) is 9.41. The minimum atomic E-state index is -0.596.